The van der Waals surface area contributed by atoms with Crippen LogP contribution < -0.4 is 5.32 Å². The first kappa shape index (κ1) is 7.78. The number of hydrogen-bond donors (Lipinski definition) is 1. The third-order valence-electron chi connectivity index (χ3n) is 1.60. The molecule has 0 radical (unpaired) electrons. The number of hydrogen-bond acceptors (Lipinski definition) is 5. The maximum atomic E-state index is 10.8. The average Bonchev–Trinajstić information content (AvgIpc) is 2.51. The van der Waals surface area contributed by atoms with E-state index in [9.17, 15) is 4.79 Å². The van der Waals surface area contributed by atoms with E-state index in [4.69, 9.17) is 0 Å². The highest BCUT2D eigenvalue weighted by molar-refractivity contribution is 6.22. The van der Waals surface area contributed by atoms with E-state index < -0.39 is 0 Å². The molecule has 0 aromatic heterocycles. The van der Waals surface area contributed by atoms with E-state index >= 15 is 0 Å². The van der Waals surface area contributed by atoms with Crippen molar-refractivity contribution >= 4 is 30.3 Å². The number of nitrogens with zero attached hydrogens (tertiary/aromatic N) is 4. The zero-order valence-electron chi connectivity index (χ0n) is 6.93. The van der Waals surface area contributed by atoms with Gasteiger partial charge in [0.2, 0.25) is 5.91 Å². The predicted octanol–water partition coefficient (Wildman–Crippen LogP) is -0.628. The molecule has 1 unspecified atom stereocenters. The standard InChI is InChI=1S/C7H7N5O/c1-4(13)12-7-5-6(9-2-8-5)10-3-11-7/h2-3,5H,1H3,(H,8,9,10,11,12,13). The lowest BCUT2D eigenvalue weighted by atomic mass is 10.2. The minimum Gasteiger partial charge on any atom is -0.312 e. The summed E-state index contributed by atoms with van der Waals surface area (Å²) in [5.41, 5.74) is 0. The molecule has 0 aromatic rings. The van der Waals surface area contributed by atoms with Gasteiger partial charge < -0.3 is 5.32 Å². The highest BCUT2D eigenvalue weighted by Crippen LogP contribution is 2.07. The van der Waals surface area contributed by atoms with Crippen LogP contribution in [0.5, 0.6) is 0 Å². The first-order chi connectivity index (χ1) is 6.27. The van der Waals surface area contributed by atoms with Gasteiger partial charge in [0.05, 0.1) is 0 Å². The van der Waals surface area contributed by atoms with Crippen LogP contribution >= 0.6 is 0 Å². The maximum Gasteiger partial charge on any atom is 0.222 e. The molecule has 2 aliphatic rings. The SMILES string of the molecule is CC(=O)NC1=NC=NC2=NC=NC21. The van der Waals surface area contributed by atoms with E-state index in [0.29, 0.717) is 11.7 Å². The molecule has 6 heteroatoms. The fraction of sp³-hybridized carbons (Fsp3) is 0.286. The molecule has 2 heterocycles. The van der Waals surface area contributed by atoms with E-state index in [1.54, 1.807) is 0 Å². The Hall–Kier alpha value is -1.85. The number of carbonyl (C=O) groups is 1. The second kappa shape index (κ2) is 2.89. The summed E-state index contributed by atoms with van der Waals surface area (Å²) in [6.45, 7) is 1.42. The Balaban J connectivity index is 2.23. The van der Waals surface area contributed by atoms with Gasteiger partial charge in [-0.1, -0.05) is 0 Å². The van der Waals surface area contributed by atoms with E-state index in [-0.39, 0.29) is 11.9 Å². The molecule has 0 fully saturated rings. The summed E-state index contributed by atoms with van der Waals surface area (Å²) in [6, 6.07) is -0.325. The summed E-state index contributed by atoms with van der Waals surface area (Å²) in [7, 11) is 0. The summed E-state index contributed by atoms with van der Waals surface area (Å²) >= 11 is 0. The number of nitrogens with one attached hydrogen (secondary N) is 1. The van der Waals surface area contributed by atoms with Gasteiger partial charge in [-0.2, -0.15) is 0 Å². The summed E-state index contributed by atoms with van der Waals surface area (Å²) in [5.74, 6) is 0.879. The molecular weight excluding hydrogens is 170 g/mol. The van der Waals surface area contributed by atoms with Gasteiger partial charge in [0.1, 0.15) is 18.5 Å². The zero-order chi connectivity index (χ0) is 9.26. The number of fused-ring (bicyclic) bond motifs is 1. The number of carbonyl (C=O) groups excluding carboxylic acids is 1. The third-order valence-corrected chi connectivity index (χ3v) is 1.60. The summed E-state index contributed by atoms with van der Waals surface area (Å²) in [6.07, 6.45) is 2.77. The number of amides is 1. The van der Waals surface area contributed by atoms with Crippen LogP contribution in [0.3, 0.4) is 0 Å². The van der Waals surface area contributed by atoms with Gasteiger partial charge in [0.15, 0.2) is 11.9 Å². The van der Waals surface area contributed by atoms with E-state index in [1.165, 1.54) is 19.6 Å². The second-order valence-corrected chi connectivity index (χ2v) is 2.59. The quantitative estimate of drug-likeness (QED) is 0.525. The Morgan fingerprint density at radius 1 is 1.46 bits per heavy atom. The summed E-state index contributed by atoms with van der Waals surface area (Å²) in [5, 5.41) is 2.58. The minimum atomic E-state index is -0.325. The molecule has 1 atom stereocenters. The fourth-order valence-corrected chi connectivity index (χ4v) is 1.10. The van der Waals surface area contributed by atoms with Gasteiger partial charge in [-0.3, -0.25) is 9.79 Å². The Bertz CT molecular complexity index is 365. The van der Waals surface area contributed by atoms with Crippen molar-refractivity contribution in [3.63, 3.8) is 0 Å². The Kier molecular flexibility index (Phi) is 1.73. The van der Waals surface area contributed by atoms with Crippen molar-refractivity contribution in [1.29, 1.82) is 0 Å². The topological polar surface area (TPSA) is 78.5 Å². The first-order valence-corrected chi connectivity index (χ1v) is 3.74. The van der Waals surface area contributed by atoms with Gasteiger partial charge >= 0.3 is 0 Å². The normalized spacial score (nSPS) is 23.6. The minimum absolute atomic E-state index is 0.171. The summed E-state index contributed by atoms with van der Waals surface area (Å²) < 4.78 is 0. The molecule has 0 saturated heterocycles. The predicted molar refractivity (Wildman–Crippen MR) is 49.5 cm³/mol. The van der Waals surface area contributed by atoms with Gasteiger partial charge in [-0.15, -0.1) is 0 Å². The molecule has 2 aliphatic heterocycles. The smallest absolute Gasteiger partial charge is 0.222 e. The molecule has 0 aliphatic carbocycles. The molecule has 1 N–H and O–H groups in total. The van der Waals surface area contributed by atoms with Gasteiger partial charge in [-0.05, 0) is 0 Å². The Morgan fingerprint density at radius 3 is 3.08 bits per heavy atom. The van der Waals surface area contributed by atoms with Crippen LogP contribution in [0.25, 0.3) is 0 Å². The van der Waals surface area contributed by atoms with Crippen LogP contribution in [-0.4, -0.2) is 36.3 Å². The highest BCUT2D eigenvalue weighted by atomic mass is 16.1. The number of amidine groups is 2. The highest BCUT2D eigenvalue weighted by Gasteiger charge is 2.26. The molecule has 6 nitrogen and oxygen atoms in total. The lowest BCUT2D eigenvalue weighted by Crippen LogP contribution is -2.41. The number of aliphatic imine (C=N–C) groups is 4. The first-order valence-electron chi connectivity index (χ1n) is 3.74. The van der Waals surface area contributed by atoms with Crippen molar-refractivity contribution in [2.24, 2.45) is 20.0 Å². The Morgan fingerprint density at radius 2 is 2.31 bits per heavy atom. The molecule has 0 spiro atoms. The van der Waals surface area contributed by atoms with Crippen LogP contribution in [0.2, 0.25) is 0 Å². The van der Waals surface area contributed by atoms with Crippen LogP contribution in [-0.2, 0) is 4.79 Å². The average molecular weight is 177 g/mol. The molecule has 13 heavy (non-hydrogen) atoms. The van der Waals surface area contributed by atoms with E-state index in [0.717, 1.165) is 0 Å². The van der Waals surface area contributed by atoms with Crippen molar-refractivity contribution in [2.75, 3.05) is 0 Å². The van der Waals surface area contributed by atoms with Crippen molar-refractivity contribution in [3.8, 4) is 0 Å². The van der Waals surface area contributed by atoms with Crippen LogP contribution in [0.15, 0.2) is 20.0 Å². The molecule has 0 bridgehead atoms. The largest absolute Gasteiger partial charge is 0.312 e. The summed E-state index contributed by atoms with van der Waals surface area (Å²) in [4.78, 5) is 26.5. The van der Waals surface area contributed by atoms with Gasteiger partial charge in [0.25, 0.3) is 0 Å². The Labute approximate surface area is 74.2 Å². The maximum absolute atomic E-state index is 10.8. The van der Waals surface area contributed by atoms with Crippen LogP contribution in [0.4, 0.5) is 0 Å². The lowest BCUT2D eigenvalue weighted by molar-refractivity contribution is -0.117. The van der Waals surface area contributed by atoms with Crippen molar-refractivity contribution < 1.29 is 4.79 Å². The second-order valence-electron chi connectivity index (χ2n) is 2.59. The molecular formula is C7H7N5O. The van der Waals surface area contributed by atoms with Crippen molar-refractivity contribution in [1.82, 2.24) is 5.32 Å². The monoisotopic (exact) mass is 177 g/mol. The van der Waals surface area contributed by atoms with Crippen LogP contribution in [0.1, 0.15) is 6.92 Å². The van der Waals surface area contributed by atoms with Crippen molar-refractivity contribution in [3.05, 3.63) is 0 Å². The molecule has 0 aromatic carbocycles. The fourth-order valence-electron chi connectivity index (χ4n) is 1.10. The van der Waals surface area contributed by atoms with Gasteiger partial charge in [0, 0.05) is 6.92 Å². The molecule has 2 rings (SSSR count). The van der Waals surface area contributed by atoms with E-state index in [2.05, 4.69) is 25.3 Å². The lowest BCUT2D eigenvalue weighted by Gasteiger charge is -2.13. The van der Waals surface area contributed by atoms with E-state index in [1.807, 2.05) is 0 Å². The molecule has 66 valence electrons. The third kappa shape index (κ3) is 1.37. The molecule has 0 saturated carbocycles. The van der Waals surface area contributed by atoms with Crippen LogP contribution in [0, 0.1) is 0 Å². The zero-order valence-corrected chi connectivity index (χ0v) is 6.93. The number of rotatable bonds is 0. The molecule has 1 amide bonds. The van der Waals surface area contributed by atoms with Gasteiger partial charge in [-0.25, -0.2) is 15.0 Å². The van der Waals surface area contributed by atoms with Crippen molar-refractivity contribution in [2.45, 2.75) is 13.0 Å².